The first kappa shape index (κ1) is 11.6. The van der Waals surface area contributed by atoms with Gasteiger partial charge in [-0.25, -0.2) is 4.98 Å². The Morgan fingerprint density at radius 1 is 1.53 bits per heavy atom. The molecule has 2 fully saturated rings. The standard InChI is InChI=1S/C13H21N3S/c1-2-12(13-14-6-8-17-13)15-10-5-7-16(9-10)11-3-4-11/h6,8,10-12,15H,2-5,7,9H2,1H3. The molecule has 2 heterocycles. The van der Waals surface area contributed by atoms with Crippen molar-refractivity contribution in [2.75, 3.05) is 13.1 Å². The minimum Gasteiger partial charge on any atom is -0.304 e. The predicted octanol–water partition coefficient (Wildman–Crippen LogP) is 2.42. The molecular weight excluding hydrogens is 230 g/mol. The van der Waals surface area contributed by atoms with Gasteiger partial charge in [0.2, 0.25) is 0 Å². The second-order valence-corrected chi connectivity index (χ2v) is 6.14. The molecule has 1 saturated heterocycles. The molecule has 2 unspecified atom stereocenters. The molecule has 4 heteroatoms. The van der Waals surface area contributed by atoms with Crippen molar-refractivity contribution >= 4 is 11.3 Å². The first-order valence-electron chi connectivity index (χ1n) is 6.76. The van der Waals surface area contributed by atoms with Gasteiger partial charge < -0.3 is 5.32 Å². The second kappa shape index (κ2) is 5.04. The van der Waals surface area contributed by atoms with Gasteiger partial charge in [-0.05, 0) is 25.7 Å². The summed E-state index contributed by atoms with van der Waals surface area (Å²) in [6.07, 6.45) is 7.20. The molecule has 0 aromatic carbocycles. The van der Waals surface area contributed by atoms with Crippen molar-refractivity contribution in [3.05, 3.63) is 16.6 Å². The molecule has 1 saturated carbocycles. The molecule has 0 radical (unpaired) electrons. The molecule has 1 N–H and O–H groups in total. The van der Waals surface area contributed by atoms with Crippen molar-refractivity contribution in [3.8, 4) is 0 Å². The van der Waals surface area contributed by atoms with Crippen molar-refractivity contribution in [1.82, 2.24) is 15.2 Å². The number of nitrogens with one attached hydrogen (secondary N) is 1. The Kier molecular flexibility index (Phi) is 3.45. The Balaban J connectivity index is 1.55. The van der Waals surface area contributed by atoms with Gasteiger partial charge in [-0.3, -0.25) is 4.90 Å². The van der Waals surface area contributed by atoms with E-state index in [0.29, 0.717) is 12.1 Å². The summed E-state index contributed by atoms with van der Waals surface area (Å²) >= 11 is 1.77. The van der Waals surface area contributed by atoms with Gasteiger partial charge in [-0.1, -0.05) is 6.92 Å². The van der Waals surface area contributed by atoms with Gasteiger partial charge in [0.1, 0.15) is 5.01 Å². The SMILES string of the molecule is CCC(NC1CCN(C2CC2)C1)c1nccs1. The summed E-state index contributed by atoms with van der Waals surface area (Å²) in [5.41, 5.74) is 0. The summed E-state index contributed by atoms with van der Waals surface area (Å²) in [7, 11) is 0. The Morgan fingerprint density at radius 2 is 2.41 bits per heavy atom. The van der Waals surface area contributed by atoms with E-state index in [2.05, 4.69) is 27.5 Å². The van der Waals surface area contributed by atoms with Crippen LogP contribution in [0.2, 0.25) is 0 Å². The van der Waals surface area contributed by atoms with Gasteiger partial charge in [0.05, 0.1) is 6.04 Å². The monoisotopic (exact) mass is 251 g/mol. The van der Waals surface area contributed by atoms with Crippen LogP contribution in [-0.2, 0) is 0 Å². The molecule has 2 atom stereocenters. The summed E-state index contributed by atoms with van der Waals surface area (Å²) in [4.78, 5) is 7.10. The zero-order chi connectivity index (χ0) is 11.7. The van der Waals surface area contributed by atoms with E-state index in [4.69, 9.17) is 0 Å². The van der Waals surface area contributed by atoms with Gasteiger partial charge in [0.25, 0.3) is 0 Å². The third kappa shape index (κ3) is 2.69. The maximum atomic E-state index is 4.44. The van der Waals surface area contributed by atoms with Crippen LogP contribution in [-0.4, -0.2) is 35.1 Å². The van der Waals surface area contributed by atoms with Crippen molar-refractivity contribution in [3.63, 3.8) is 0 Å². The van der Waals surface area contributed by atoms with Gasteiger partial charge >= 0.3 is 0 Å². The fourth-order valence-electron chi connectivity index (χ4n) is 2.75. The van der Waals surface area contributed by atoms with Gasteiger partial charge in [-0.15, -0.1) is 11.3 Å². The highest BCUT2D eigenvalue weighted by Gasteiger charge is 2.34. The van der Waals surface area contributed by atoms with Crippen LogP contribution < -0.4 is 5.32 Å². The highest BCUT2D eigenvalue weighted by Crippen LogP contribution is 2.30. The zero-order valence-electron chi connectivity index (χ0n) is 10.4. The van der Waals surface area contributed by atoms with E-state index in [9.17, 15) is 0 Å². The fourth-order valence-corrected chi connectivity index (χ4v) is 3.53. The van der Waals surface area contributed by atoms with Gasteiger partial charge in [-0.2, -0.15) is 0 Å². The molecule has 3 rings (SSSR count). The molecule has 1 aliphatic heterocycles. The third-order valence-corrected chi connectivity index (χ3v) is 4.77. The van der Waals surface area contributed by atoms with E-state index < -0.39 is 0 Å². The average molecular weight is 251 g/mol. The Bertz CT molecular complexity index is 348. The molecule has 17 heavy (non-hydrogen) atoms. The minimum absolute atomic E-state index is 0.458. The van der Waals surface area contributed by atoms with Crippen molar-refractivity contribution in [2.24, 2.45) is 0 Å². The maximum absolute atomic E-state index is 4.44. The Morgan fingerprint density at radius 3 is 3.06 bits per heavy atom. The number of likely N-dealkylation sites (tertiary alicyclic amines) is 1. The number of thiazole rings is 1. The number of hydrogen-bond acceptors (Lipinski definition) is 4. The minimum atomic E-state index is 0.458. The molecule has 1 aromatic rings. The first-order chi connectivity index (χ1) is 8.36. The van der Waals surface area contributed by atoms with E-state index in [1.165, 1.54) is 37.4 Å². The summed E-state index contributed by atoms with van der Waals surface area (Å²) in [6, 6.07) is 2.05. The van der Waals surface area contributed by atoms with Gasteiger partial charge in [0, 0.05) is 36.8 Å². The zero-order valence-corrected chi connectivity index (χ0v) is 11.2. The lowest BCUT2D eigenvalue weighted by Gasteiger charge is -2.20. The summed E-state index contributed by atoms with van der Waals surface area (Å²) in [5.74, 6) is 0. The van der Waals surface area contributed by atoms with E-state index in [-0.39, 0.29) is 0 Å². The van der Waals surface area contributed by atoms with Crippen LogP contribution >= 0.6 is 11.3 Å². The Labute approximate surface area is 107 Å². The van der Waals surface area contributed by atoms with Crippen LogP contribution in [0.3, 0.4) is 0 Å². The first-order valence-corrected chi connectivity index (χ1v) is 7.64. The van der Waals surface area contributed by atoms with Crippen LogP contribution in [0.5, 0.6) is 0 Å². The molecule has 2 aliphatic rings. The highest BCUT2D eigenvalue weighted by atomic mass is 32.1. The van der Waals surface area contributed by atoms with Crippen LogP contribution in [0.15, 0.2) is 11.6 Å². The topological polar surface area (TPSA) is 28.2 Å². The number of nitrogens with zero attached hydrogens (tertiary/aromatic N) is 2. The molecule has 3 nitrogen and oxygen atoms in total. The van der Waals surface area contributed by atoms with Crippen LogP contribution in [0, 0.1) is 0 Å². The quantitative estimate of drug-likeness (QED) is 0.871. The molecule has 1 aliphatic carbocycles. The molecule has 0 amide bonds. The second-order valence-electron chi connectivity index (χ2n) is 5.21. The molecule has 0 spiro atoms. The fraction of sp³-hybridized carbons (Fsp3) is 0.769. The largest absolute Gasteiger partial charge is 0.304 e. The van der Waals surface area contributed by atoms with Crippen molar-refractivity contribution in [1.29, 1.82) is 0 Å². The van der Waals surface area contributed by atoms with E-state index in [0.717, 1.165) is 12.5 Å². The van der Waals surface area contributed by atoms with Crippen molar-refractivity contribution < 1.29 is 0 Å². The average Bonchev–Trinajstić information content (AvgIpc) is 2.89. The lowest BCUT2D eigenvalue weighted by molar-refractivity contribution is 0.311. The number of aromatic nitrogens is 1. The third-order valence-electron chi connectivity index (χ3n) is 3.88. The predicted molar refractivity (Wildman–Crippen MR) is 71.3 cm³/mol. The smallest absolute Gasteiger partial charge is 0.109 e. The summed E-state index contributed by atoms with van der Waals surface area (Å²) in [5, 5.41) is 7.11. The summed E-state index contributed by atoms with van der Waals surface area (Å²) in [6.45, 7) is 4.77. The van der Waals surface area contributed by atoms with E-state index in [1.54, 1.807) is 11.3 Å². The van der Waals surface area contributed by atoms with Crippen LogP contribution in [0.1, 0.15) is 43.7 Å². The van der Waals surface area contributed by atoms with Crippen LogP contribution in [0.4, 0.5) is 0 Å². The number of hydrogen-bond donors (Lipinski definition) is 1. The van der Waals surface area contributed by atoms with Crippen LogP contribution in [0.25, 0.3) is 0 Å². The van der Waals surface area contributed by atoms with Gasteiger partial charge in [0.15, 0.2) is 0 Å². The maximum Gasteiger partial charge on any atom is 0.109 e. The van der Waals surface area contributed by atoms with E-state index >= 15 is 0 Å². The number of rotatable bonds is 5. The normalized spacial score (nSPS) is 27.5. The highest BCUT2D eigenvalue weighted by molar-refractivity contribution is 7.09. The molecule has 0 bridgehead atoms. The lowest BCUT2D eigenvalue weighted by atomic mass is 10.2. The molecule has 1 aromatic heterocycles. The van der Waals surface area contributed by atoms with E-state index in [1.807, 2.05) is 6.20 Å². The molecular formula is C13H21N3S. The Hall–Kier alpha value is -0.450. The summed E-state index contributed by atoms with van der Waals surface area (Å²) < 4.78 is 0. The molecule has 94 valence electrons. The van der Waals surface area contributed by atoms with Crippen molar-refractivity contribution in [2.45, 2.75) is 50.7 Å². The lowest BCUT2D eigenvalue weighted by Crippen LogP contribution is -2.35.